The number of aromatic nitrogens is 10. The lowest BCUT2D eigenvalue weighted by atomic mass is 10.1. The first-order valence-electron chi connectivity index (χ1n) is 46.7. The predicted molar refractivity (Wildman–Crippen MR) is 594 cm³/mol. The van der Waals surface area contributed by atoms with Gasteiger partial charge in [-0.05, 0) is 148 Å². The molecular weight excluding hydrogens is 2290 g/mol. The summed E-state index contributed by atoms with van der Waals surface area (Å²) in [7, 11) is 6.72. The zero-order chi connectivity index (χ0) is 113. The fraction of sp³-hybridized carbons (Fsp3) is 0.516. The molecule has 11 N–H and O–H groups in total. The molecule has 11 heterocycles. The number of aryl methyl sites for hydroxylation is 10. The number of aliphatic hydroxyl groups is 1. The van der Waals surface area contributed by atoms with Gasteiger partial charge >= 0.3 is 0 Å². The molecule has 1 aliphatic rings. The number of Topliss-reactive ketones (excluding diaryl/α,β-unsaturated/α-hetero) is 11. The molecule has 0 bridgehead atoms. The third-order valence-electron chi connectivity index (χ3n) is 19.5. The van der Waals surface area contributed by atoms with Crippen LogP contribution in [0.25, 0.3) is 0 Å². The molecule has 10 aromatic heterocycles. The number of rotatable bonds is 48. The van der Waals surface area contributed by atoms with Crippen LogP contribution in [-0.2, 0) is 28.8 Å². The van der Waals surface area contributed by atoms with Gasteiger partial charge in [-0.2, -0.15) is 13.2 Å². The van der Waals surface area contributed by atoms with Crippen molar-refractivity contribution in [3.05, 3.63) is 153 Å². The number of aliphatic hydroxyl groups excluding tert-OH is 1. The number of amides is 5. The lowest BCUT2D eigenvalue weighted by molar-refractivity contribution is -0.121. The number of β-amino-alcohol motifs (C(OH)–C–C–N with tert-alkyl or cyclic N) is 1. The topological polar surface area (TPSA) is 552 Å². The molecule has 5 amide bonds. The highest BCUT2D eigenvalue weighted by Gasteiger charge is 2.27. The van der Waals surface area contributed by atoms with Gasteiger partial charge in [0.25, 0.3) is 0 Å². The summed E-state index contributed by atoms with van der Waals surface area (Å²) in [6, 6.07) is 0. The Morgan fingerprint density at radius 2 is 0.540 bits per heavy atom. The van der Waals surface area contributed by atoms with Crippen molar-refractivity contribution in [1.82, 2.24) is 76.0 Å². The van der Waals surface area contributed by atoms with E-state index >= 15 is 0 Å². The molecule has 0 aliphatic carbocycles. The van der Waals surface area contributed by atoms with E-state index in [9.17, 15) is 95.0 Å². The molecule has 11 rings (SSSR count). The lowest BCUT2D eigenvalue weighted by Crippen LogP contribution is -2.23. The number of hydrogen-bond acceptors (Lipinski definition) is 40. The van der Waals surface area contributed by atoms with Gasteiger partial charge in [0.1, 0.15) is 54.6 Å². The average Bonchev–Trinajstić information content (AvgIpc) is 1.77. The first kappa shape index (κ1) is 138. The monoisotopic (exact) mass is 2410 g/mol. The molecule has 0 spiro atoms. The van der Waals surface area contributed by atoms with E-state index in [1.165, 1.54) is 106 Å². The fourth-order valence-corrected chi connectivity index (χ4v) is 22.7. The number of unbranched alkanes of at least 4 members (excludes halogenated alkanes) is 3. The second-order valence-corrected chi connectivity index (χ2v) is 46.7. The average molecular weight is 2420 g/mol. The van der Waals surface area contributed by atoms with Crippen molar-refractivity contribution >= 4 is 288 Å². The number of halogens is 10. The van der Waals surface area contributed by atoms with Crippen LogP contribution in [0, 0.1) is 87.1 Å². The molecule has 826 valence electrons. The number of thiazole rings is 10. The van der Waals surface area contributed by atoms with Gasteiger partial charge in [-0.15, -0.1) is 113 Å². The fourth-order valence-electron chi connectivity index (χ4n) is 12.1. The maximum absolute atomic E-state index is 13.0. The third kappa shape index (κ3) is 55.2. The number of nitrogens with zero attached hydrogens (tertiary/aromatic N) is 11. The number of hydrogen-bond donors (Lipinski definition) is 8. The van der Waals surface area contributed by atoms with Crippen LogP contribution in [0.5, 0.6) is 0 Å². The van der Waals surface area contributed by atoms with Gasteiger partial charge in [-0.3, -0.25) is 76.7 Å². The maximum atomic E-state index is 13.0. The number of carbonyl (C=O) groups is 16. The molecule has 55 heteroatoms. The summed E-state index contributed by atoms with van der Waals surface area (Å²) in [5, 5.41) is 29.4. The predicted octanol–water partition coefficient (Wildman–Crippen LogP) is 21.5. The van der Waals surface area contributed by atoms with Crippen molar-refractivity contribution in [2.75, 3.05) is 60.9 Å². The minimum Gasteiger partial charge on any atom is -0.392 e. The van der Waals surface area contributed by atoms with Crippen molar-refractivity contribution < 1.29 is 95.0 Å². The second kappa shape index (κ2) is 74.7. The minimum atomic E-state index is -0.762. The van der Waals surface area contributed by atoms with Gasteiger partial charge in [0.05, 0.1) is 56.2 Å². The standard InChI is InChI=1S/C12H17ClN2O2S.C11H14ClNO2S.C11H16ClNOS.2C9H11ClN2O2S.C9H13ClN2OS.C9H11FN2O2S.C9H13FN2OS.C8H9ClN2O2S.C8H9FN2O2S/c1-8-14-12(13)11(18-8)10(17)3-2-5-15-6-4-9(16)7-15;1-3-8(14)5-4-6-9(15)10-11(12)13-7(2)16-10;1-3-4-5-6-7-9(14)10-11(12)13-8(2)15-10;1-5-12-9(10)8(15-5)6(13)3-4-7(14)11-2;1-5-12-9(10)8(15-5)6(13)3-2-4-7(11)14;1-6-12-9(10)8(14-6)7(13)4-3-5-11-2;1-5-12-9(10)8(15-5)6(13)3-4-7(14)11-2;1-6-12-9(10)8(14-6)7(13)4-3-5-11-2;2*1-4-11-8(9)7(14-4)5(12)2-3-6(10)13/h9,16H,2-7H2,1H3;3-6H2,1-2H3;3-7H2,1-2H3;3-4H2,1-2H3,(H,11,14);2-4H2,1H3,(H2,11,14);11H,3-5H2,1-2H3;3-4H2,1-2H3,(H,11,14);11H,3-5H2,1-2H3;2*2-3H2,1H3,(H2,10,13). The van der Waals surface area contributed by atoms with E-state index in [4.69, 9.17) is 98.4 Å². The van der Waals surface area contributed by atoms with Gasteiger partial charge in [0.15, 0.2) is 93.9 Å². The van der Waals surface area contributed by atoms with Crippen LogP contribution >= 0.6 is 195 Å². The minimum absolute atomic E-state index is 0.0106. The maximum Gasteiger partial charge on any atom is 0.234 e. The molecule has 10 aromatic rings. The molecular formula is C95H124Cl7F3N18O17S10. The van der Waals surface area contributed by atoms with Crippen molar-refractivity contribution in [2.24, 2.45) is 17.2 Å². The largest absolute Gasteiger partial charge is 0.392 e. The first-order valence-corrected chi connectivity index (χ1v) is 57.5. The van der Waals surface area contributed by atoms with Gasteiger partial charge in [0, 0.05) is 136 Å². The molecule has 1 atom stereocenters. The molecule has 1 saturated heterocycles. The highest BCUT2D eigenvalue weighted by atomic mass is 35.5. The van der Waals surface area contributed by atoms with Gasteiger partial charge in [-0.1, -0.05) is 114 Å². The summed E-state index contributed by atoms with van der Waals surface area (Å²) < 4.78 is 39.0. The first-order chi connectivity index (χ1) is 70.6. The number of primary amides is 3. The number of carbonyl (C=O) groups excluding carboxylic acids is 16. The molecule has 1 aliphatic heterocycles. The Hall–Kier alpha value is -8.32. The Balaban J connectivity index is 0.000000564. The summed E-state index contributed by atoms with van der Waals surface area (Å²) in [6.07, 6.45) is 12.9. The lowest BCUT2D eigenvalue weighted by Gasteiger charge is -2.13. The molecule has 0 saturated carbocycles. The van der Waals surface area contributed by atoms with Crippen LogP contribution < -0.4 is 38.5 Å². The summed E-state index contributed by atoms with van der Waals surface area (Å²) in [6.45, 7) is 25.8. The summed E-state index contributed by atoms with van der Waals surface area (Å²) in [4.78, 5) is 224. The van der Waals surface area contributed by atoms with E-state index in [0.29, 0.717) is 122 Å². The quantitative estimate of drug-likeness (QED) is 0.0130. The third-order valence-corrected chi connectivity index (χ3v) is 32.2. The summed E-state index contributed by atoms with van der Waals surface area (Å²) >= 11 is 53.0. The highest BCUT2D eigenvalue weighted by molar-refractivity contribution is 7.17. The molecule has 150 heavy (non-hydrogen) atoms. The van der Waals surface area contributed by atoms with E-state index in [1.54, 1.807) is 41.5 Å². The number of likely N-dealkylation sites (tertiary alicyclic amines) is 1. The van der Waals surface area contributed by atoms with Crippen molar-refractivity contribution in [3.63, 3.8) is 0 Å². The summed E-state index contributed by atoms with van der Waals surface area (Å²) in [5.74, 6) is -4.81. The van der Waals surface area contributed by atoms with Gasteiger partial charge in [-0.25, -0.2) is 49.8 Å². The number of nitrogens with one attached hydrogen (secondary N) is 4. The molecule has 1 fully saturated rings. The van der Waals surface area contributed by atoms with Crippen molar-refractivity contribution in [1.29, 1.82) is 0 Å². The zero-order valence-corrected chi connectivity index (χ0v) is 99.2. The Bertz CT molecular complexity index is 5920. The Morgan fingerprint density at radius 3 is 0.767 bits per heavy atom. The normalized spacial score (nSPS) is 11.5. The van der Waals surface area contributed by atoms with Crippen LogP contribution in [0.3, 0.4) is 0 Å². The number of nitrogens with two attached hydrogens (primary N) is 3. The highest BCUT2D eigenvalue weighted by Crippen LogP contribution is 2.33. The number of ketones is 11. The van der Waals surface area contributed by atoms with Gasteiger partial charge < -0.3 is 48.5 Å². The van der Waals surface area contributed by atoms with Crippen LogP contribution in [-0.4, -0.2) is 220 Å². The van der Waals surface area contributed by atoms with E-state index in [2.05, 4.69) is 82.9 Å². The van der Waals surface area contributed by atoms with Crippen molar-refractivity contribution in [3.8, 4) is 0 Å². The van der Waals surface area contributed by atoms with Crippen LogP contribution in [0.15, 0.2) is 0 Å². The van der Waals surface area contributed by atoms with E-state index in [0.717, 1.165) is 140 Å². The Kier molecular flexibility index (Phi) is 68.6. The van der Waals surface area contributed by atoms with E-state index < -0.39 is 41.3 Å². The van der Waals surface area contributed by atoms with Crippen LogP contribution in [0.4, 0.5) is 13.2 Å². The Morgan fingerprint density at radius 1 is 0.307 bits per heavy atom. The molecule has 35 nitrogen and oxygen atoms in total. The second-order valence-electron chi connectivity index (χ2n) is 32.2. The zero-order valence-electron chi connectivity index (χ0n) is 85.7. The smallest absolute Gasteiger partial charge is 0.234 e. The van der Waals surface area contributed by atoms with Gasteiger partial charge in [0.2, 0.25) is 47.4 Å². The van der Waals surface area contributed by atoms with E-state index in [1.807, 2.05) is 48.7 Å². The summed E-state index contributed by atoms with van der Waals surface area (Å²) in [5.41, 5.74) is 14.8. The molecule has 1 unspecified atom stereocenters. The SMILES string of the molecule is CCC(=O)CCCC(=O)c1sc(C)nc1Cl.CCCCCCC(=O)c1sc(C)nc1Cl.CNC(=O)CCC(=O)c1sc(C)nc1Cl.CNC(=O)CCC(=O)c1sc(C)nc1F.CNCCCC(=O)c1sc(C)nc1Cl.CNCCCC(=O)c1sc(C)nc1F.Cc1nc(Cl)c(C(=O)CCC(N)=O)s1.Cc1nc(Cl)c(C(=O)CCCC(N)=O)s1.Cc1nc(Cl)c(C(=O)CCCN2CCC(O)C2)s1.Cc1nc(F)c(C(=O)CCC(N)=O)s1. The van der Waals surface area contributed by atoms with Crippen LogP contribution in [0.1, 0.15) is 334 Å². The molecule has 0 radical (unpaired) electrons. The Labute approximate surface area is 943 Å². The van der Waals surface area contributed by atoms with E-state index in [-0.39, 0.29) is 175 Å². The van der Waals surface area contributed by atoms with Crippen LogP contribution in [0.2, 0.25) is 36.1 Å². The molecule has 0 aromatic carbocycles. The van der Waals surface area contributed by atoms with Crippen molar-refractivity contribution in [2.45, 2.75) is 263 Å².